The maximum Gasteiger partial charge on any atom is 0.191 e. The minimum absolute atomic E-state index is 0. The highest BCUT2D eigenvalue weighted by atomic mass is 127. The van der Waals surface area contributed by atoms with Crippen LogP contribution in [0.25, 0.3) is 0 Å². The molecule has 0 amide bonds. The van der Waals surface area contributed by atoms with Gasteiger partial charge in [0.25, 0.3) is 0 Å². The number of rotatable bonds is 5. The van der Waals surface area contributed by atoms with Crippen LogP contribution in [-0.2, 0) is 14.6 Å². The molecule has 0 radical (unpaired) electrons. The zero-order chi connectivity index (χ0) is 18.6. The predicted octanol–water partition coefficient (Wildman–Crippen LogP) is 2.44. The molecule has 3 aliphatic rings. The van der Waals surface area contributed by atoms with Crippen LogP contribution in [0.1, 0.15) is 46.0 Å². The summed E-state index contributed by atoms with van der Waals surface area (Å²) in [5, 5.41) is 7.13. The number of nitrogens with one attached hydrogen (secondary N) is 2. The van der Waals surface area contributed by atoms with E-state index in [1.165, 1.54) is 19.3 Å². The average molecular weight is 513 g/mol. The van der Waals surface area contributed by atoms with Crippen LogP contribution < -0.4 is 10.6 Å². The SMILES string of the molecule is CC1CC(C)CC(NC(=NCC2CCS(=O)(=O)C2)NCC2CCOC2)C1.I. The van der Waals surface area contributed by atoms with Gasteiger partial charge in [0.05, 0.1) is 18.1 Å². The van der Waals surface area contributed by atoms with Gasteiger partial charge in [-0.3, -0.25) is 4.99 Å². The fraction of sp³-hybridized carbons (Fsp3) is 0.947. The van der Waals surface area contributed by atoms with Gasteiger partial charge in [0.2, 0.25) is 0 Å². The smallest absolute Gasteiger partial charge is 0.191 e. The first-order valence-corrected chi connectivity index (χ1v) is 12.0. The van der Waals surface area contributed by atoms with E-state index in [9.17, 15) is 8.42 Å². The van der Waals surface area contributed by atoms with E-state index in [1.54, 1.807) is 0 Å². The highest BCUT2D eigenvalue weighted by molar-refractivity contribution is 14.0. The van der Waals surface area contributed by atoms with Crippen molar-refractivity contribution in [3.8, 4) is 0 Å². The largest absolute Gasteiger partial charge is 0.381 e. The molecule has 0 bridgehead atoms. The molecule has 1 aliphatic carbocycles. The van der Waals surface area contributed by atoms with E-state index in [0.717, 1.165) is 50.4 Å². The van der Waals surface area contributed by atoms with Crippen molar-refractivity contribution in [2.24, 2.45) is 28.7 Å². The minimum Gasteiger partial charge on any atom is -0.381 e. The molecule has 3 fully saturated rings. The summed E-state index contributed by atoms with van der Waals surface area (Å²) in [6.45, 7) is 7.78. The van der Waals surface area contributed by atoms with Crippen LogP contribution in [-0.4, -0.2) is 58.2 Å². The van der Waals surface area contributed by atoms with E-state index in [4.69, 9.17) is 9.73 Å². The van der Waals surface area contributed by atoms with Crippen molar-refractivity contribution in [2.45, 2.75) is 52.0 Å². The van der Waals surface area contributed by atoms with Crippen molar-refractivity contribution in [3.63, 3.8) is 0 Å². The molecule has 2 heterocycles. The predicted molar refractivity (Wildman–Crippen MR) is 121 cm³/mol. The monoisotopic (exact) mass is 513 g/mol. The van der Waals surface area contributed by atoms with Crippen LogP contribution in [0, 0.1) is 23.7 Å². The Morgan fingerprint density at radius 2 is 1.85 bits per heavy atom. The van der Waals surface area contributed by atoms with Gasteiger partial charge in [-0.25, -0.2) is 8.42 Å². The zero-order valence-corrected chi connectivity index (χ0v) is 19.8. The molecule has 27 heavy (non-hydrogen) atoms. The molecular weight excluding hydrogens is 477 g/mol. The minimum atomic E-state index is -2.84. The van der Waals surface area contributed by atoms with Gasteiger partial charge < -0.3 is 15.4 Å². The molecule has 6 nitrogen and oxygen atoms in total. The summed E-state index contributed by atoms with van der Waals surface area (Å²) in [5.41, 5.74) is 0. The highest BCUT2D eigenvalue weighted by Gasteiger charge is 2.28. The third-order valence-electron chi connectivity index (χ3n) is 5.94. The highest BCUT2D eigenvalue weighted by Crippen LogP contribution is 2.28. The molecular formula is C19H36IN3O3S. The lowest BCUT2D eigenvalue weighted by atomic mass is 9.80. The summed E-state index contributed by atoms with van der Waals surface area (Å²) in [6, 6.07) is 0.451. The first kappa shape index (κ1) is 23.2. The number of ether oxygens (including phenoxy) is 1. The summed E-state index contributed by atoms with van der Waals surface area (Å²) in [5.74, 6) is 3.64. The van der Waals surface area contributed by atoms with Crippen molar-refractivity contribution in [1.82, 2.24) is 10.6 Å². The summed E-state index contributed by atoms with van der Waals surface area (Å²) >= 11 is 0. The van der Waals surface area contributed by atoms with Crippen LogP contribution in [0.2, 0.25) is 0 Å². The van der Waals surface area contributed by atoms with E-state index < -0.39 is 9.84 Å². The van der Waals surface area contributed by atoms with Crippen LogP contribution in [0.3, 0.4) is 0 Å². The van der Waals surface area contributed by atoms with E-state index in [0.29, 0.717) is 24.3 Å². The third kappa shape index (κ3) is 7.68. The number of nitrogens with zero attached hydrogens (tertiary/aromatic N) is 1. The molecule has 2 N–H and O–H groups in total. The lowest BCUT2D eigenvalue weighted by molar-refractivity contribution is 0.186. The summed E-state index contributed by atoms with van der Waals surface area (Å²) in [4.78, 5) is 4.77. The standard InChI is InChI=1S/C19H35N3O3S.HI/c1-14-7-15(2)9-18(8-14)22-19(20-10-16-3-5-25-12-16)21-11-17-4-6-26(23,24)13-17;/h14-18H,3-13H2,1-2H3,(H2,20,21,22);1H. The van der Waals surface area contributed by atoms with E-state index >= 15 is 0 Å². The fourth-order valence-electron chi connectivity index (χ4n) is 4.63. The maximum atomic E-state index is 11.7. The first-order chi connectivity index (χ1) is 12.4. The van der Waals surface area contributed by atoms with Crippen molar-refractivity contribution in [3.05, 3.63) is 0 Å². The third-order valence-corrected chi connectivity index (χ3v) is 7.77. The van der Waals surface area contributed by atoms with Gasteiger partial charge in [-0.05, 0) is 49.9 Å². The second-order valence-electron chi connectivity index (χ2n) is 8.83. The Morgan fingerprint density at radius 3 is 2.44 bits per heavy atom. The molecule has 2 aliphatic heterocycles. The van der Waals surface area contributed by atoms with Gasteiger partial charge in [0.15, 0.2) is 15.8 Å². The molecule has 0 aromatic heterocycles. The lowest BCUT2D eigenvalue weighted by Crippen LogP contribution is -2.47. The van der Waals surface area contributed by atoms with Crippen LogP contribution in [0.4, 0.5) is 0 Å². The second kappa shape index (κ2) is 10.6. The summed E-state index contributed by atoms with van der Waals surface area (Å²) in [7, 11) is -2.84. The molecule has 4 unspecified atom stereocenters. The van der Waals surface area contributed by atoms with Crippen molar-refractivity contribution in [1.29, 1.82) is 0 Å². The number of guanidine groups is 1. The van der Waals surface area contributed by atoms with E-state index in [1.807, 2.05) is 0 Å². The Morgan fingerprint density at radius 1 is 1.11 bits per heavy atom. The average Bonchev–Trinajstić information content (AvgIpc) is 3.18. The number of halogens is 1. The molecule has 158 valence electrons. The van der Waals surface area contributed by atoms with Gasteiger partial charge in [0.1, 0.15) is 0 Å². The first-order valence-electron chi connectivity index (χ1n) is 10.2. The summed E-state index contributed by atoms with van der Waals surface area (Å²) < 4.78 is 28.8. The molecule has 8 heteroatoms. The van der Waals surface area contributed by atoms with Crippen LogP contribution >= 0.6 is 24.0 Å². The molecule has 4 atom stereocenters. The Balaban J connectivity index is 0.00000261. The Labute approximate surface area is 181 Å². The topological polar surface area (TPSA) is 79.8 Å². The van der Waals surface area contributed by atoms with Crippen LogP contribution in [0.5, 0.6) is 0 Å². The Hall–Kier alpha value is -0.0900. The Kier molecular flexibility index (Phi) is 9.12. The maximum absolute atomic E-state index is 11.7. The van der Waals surface area contributed by atoms with Gasteiger partial charge in [-0.2, -0.15) is 0 Å². The second-order valence-corrected chi connectivity index (χ2v) is 11.1. The molecule has 3 rings (SSSR count). The quantitative estimate of drug-likeness (QED) is 0.336. The molecule has 1 saturated carbocycles. The van der Waals surface area contributed by atoms with Crippen molar-refractivity contribution in [2.75, 3.05) is 37.8 Å². The summed E-state index contributed by atoms with van der Waals surface area (Å²) in [6.07, 6.45) is 5.49. The van der Waals surface area contributed by atoms with Crippen molar-refractivity contribution < 1.29 is 13.2 Å². The molecule has 0 aromatic carbocycles. The van der Waals surface area contributed by atoms with E-state index in [-0.39, 0.29) is 35.6 Å². The van der Waals surface area contributed by atoms with Gasteiger partial charge in [-0.1, -0.05) is 13.8 Å². The molecule has 2 saturated heterocycles. The fourth-order valence-corrected chi connectivity index (χ4v) is 6.48. The van der Waals surface area contributed by atoms with E-state index in [2.05, 4.69) is 24.5 Å². The van der Waals surface area contributed by atoms with Gasteiger partial charge in [-0.15, -0.1) is 24.0 Å². The number of sulfone groups is 1. The number of aliphatic imine (C=N–C) groups is 1. The number of hydrogen-bond donors (Lipinski definition) is 2. The normalized spacial score (nSPS) is 36.2. The van der Waals surface area contributed by atoms with Crippen molar-refractivity contribution >= 4 is 39.8 Å². The van der Waals surface area contributed by atoms with Gasteiger partial charge in [0, 0.05) is 31.7 Å². The van der Waals surface area contributed by atoms with Crippen LogP contribution in [0.15, 0.2) is 4.99 Å². The molecule has 0 spiro atoms. The van der Waals surface area contributed by atoms with Gasteiger partial charge >= 0.3 is 0 Å². The number of hydrogen-bond acceptors (Lipinski definition) is 4. The Bertz CT molecular complexity index is 583. The lowest BCUT2D eigenvalue weighted by Gasteiger charge is -2.33. The molecule has 0 aromatic rings. The zero-order valence-electron chi connectivity index (χ0n) is 16.7.